The number of aryl methyl sites for hydroxylation is 2. The monoisotopic (exact) mass is 294 g/mol. The second-order valence-corrected chi connectivity index (χ2v) is 5.98. The van der Waals surface area contributed by atoms with Crippen LogP contribution in [-0.4, -0.2) is 32.5 Å². The Morgan fingerprint density at radius 1 is 1.45 bits per heavy atom. The number of hydrogen-bond donors (Lipinski definition) is 1. The summed E-state index contributed by atoms with van der Waals surface area (Å²) < 4.78 is 10.6. The lowest BCUT2D eigenvalue weighted by Gasteiger charge is -2.20. The van der Waals surface area contributed by atoms with Gasteiger partial charge in [-0.25, -0.2) is 0 Å². The summed E-state index contributed by atoms with van der Waals surface area (Å²) in [6.07, 6.45) is 5.73. The Kier molecular flexibility index (Phi) is 3.69. The normalized spacial score (nSPS) is 22.9. The lowest BCUT2D eigenvalue weighted by molar-refractivity contribution is 0.0754. The van der Waals surface area contributed by atoms with Crippen LogP contribution in [-0.2, 0) is 18.2 Å². The van der Waals surface area contributed by atoms with Crippen molar-refractivity contribution >= 4 is 23.4 Å². The highest BCUT2D eigenvalue weighted by atomic mass is 32.1. The Morgan fingerprint density at radius 3 is 2.95 bits per heavy atom. The van der Waals surface area contributed by atoms with E-state index in [1.807, 2.05) is 11.7 Å². The molecule has 6 heteroatoms. The van der Waals surface area contributed by atoms with Gasteiger partial charge >= 0.3 is 0 Å². The lowest BCUT2D eigenvalue weighted by Crippen LogP contribution is -2.21. The predicted octanol–water partition coefficient (Wildman–Crippen LogP) is 3.12. The summed E-state index contributed by atoms with van der Waals surface area (Å²) in [6.45, 7) is 2.17. The third-order valence-electron chi connectivity index (χ3n) is 4.31. The zero-order chi connectivity index (χ0) is 14.3. The molecule has 110 valence electrons. The van der Waals surface area contributed by atoms with Crippen molar-refractivity contribution < 1.29 is 4.74 Å². The van der Waals surface area contributed by atoms with Gasteiger partial charge in [0.15, 0.2) is 10.4 Å². The van der Waals surface area contributed by atoms with Crippen LogP contribution < -0.4 is 0 Å². The molecule has 0 aromatic carbocycles. The molecule has 2 aromatic heterocycles. The minimum Gasteiger partial charge on any atom is -0.379 e. The summed E-state index contributed by atoms with van der Waals surface area (Å²) in [4.78, 5) is 3.36. The van der Waals surface area contributed by atoms with Crippen LogP contribution in [0.5, 0.6) is 0 Å². The Morgan fingerprint density at radius 2 is 2.25 bits per heavy atom. The average Bonchev–Trinajstić information content (AvgIpc) is 3.07. The van der Waals surface area contributed by atoms with Crippen LogP contribution in [0.1, 0.15) is 44.3 Å². The molecule has 0 saturated heterocycles. The van der Waals surface area contributed by atoms with E-state index >= 15 is 0 Å². The maximum absolute atomic E-state index is 5.63. The van der Waals surface area contributed by atoms with Crippen molar-refractivity contribution in [2.24, 2.45) is 7.05 Å². The first-order valence-corrected chi connectivity index (χ1v) is 7.77. The van der Waals surface area contributed by atoms with Crippen LogP contribution in [0.4, 0.5) is 0 Å². The molecule has 0 bridgehead atoms. The van der Waals surface area contributed by atoms with Gasteiger partial charge in [0.1, 0.15) is 5.52 Å². The number of ether oxygens (including phenoxy) is 1. The van der Waals surface area contributed by atoms with Crippen LogP contribution in [0, 0.1) is 4.77 Å². The molecular weight excluding hydrogens is 272 g/mol. The highest BCUT2D eigenvalue weighted by Gasteiger charge is 2.31. The number of hydrogen-bond acceptors (Lipinski definition) is 3. The molecule has 1 aliphatic rings. The molecule has 0 aliphatic heterocycles. The molecule has 1 N–H and O–H groups in total. The number of fused-ring (bicyclic) bond motifs is 1. The van der Waals surface area contributed by atoms with E-state index < -0.39 is 0 Å². The first kappa shape index (κ1) is 13.8. The van der Waals surface area contributed by atoms with E-state index in [4.69, 9.17) is 17.0 Å². The second-order valence-electron chi connectivity index (χ2n) is 5.59. The molecule has 1 aliphatic carbocycles. The molecule has 3 rings (SSSR count). The zero-order valence-electron chi connectivity index (χ0n) is 12.3. The molecule has 5 nitrogen and oxygen atoms in total. The largest absolute Gasteiger partial charge is 0.379 e. The van der Waals surface area contributed by atoms with E-state index in [1.165, 1.54) is 6.42 Å². The number of imidazole rings is 1. The van der Waals surface area contributed by atoms with Crippen molar-refractivity contribution in [1.29, 1.82) is 0 Å². The van der Waals surface area contributed by atoms with Crippen LogP contribution in [0.15, 0.2) is 0 Å². The van der Waals surface area contributed by atoms with Crippen molar-refractivity contribution in [3.8, 4) is 0 Å². The number of rotatable bonds is 4. The van der Waals surface area contributed by atoms with Gasteiger partial charge in [-0.1, -0.05) is 13.3 Å². The molecule has 2 aromatic rings. The van der Waals surface area contributed by atoms with E-state index in [9.17, 15) is 0 Å². The summed E-state index contributed by atoms with van der Waals surface area (Å²) in [5.41, 5.74) is 3.32. The summed E-state index contributed by atoms with van der Waals surface area (Å²) in [5, 5.41) is 4.64. The van der Waals surface area contributed by atoms with Gasteiger partial charge in [0, 0.05) is 14.2 Å². The molecular formula is C14H22N4OS. The molecule has 0 spiro atoms. The molecule has 20 heavy (non-hydrogen) atoms. The van der Waals surface area contributed by atoms with E-state index in [0.29, 0.717) is 6.04 Å². The van der Waals surface area contributed by atoms with Gasteiger partial charge in [0.05, 0.1) is 17.8 Å². The van der Waals surface area contributed by atoms with Crippen molar-refractivity contribution in [2.75, 3.05) is 7.11 Å². The molecule has 0 amide bonds. The van der Waals surface area contributed by atoms with Crippen LogP contribution in [0.25, 0.3) is 11.2 Å². The summed E-state index contributed by atoms with van der Waals surface area (Å²) in [5.74, 6) is 0. The third-order valence-corrected chi connectivity index (χ3v) is 4.61. The zero-order valence-corrected chi connectivity index (χ0v) is 13.2. The summed E-state index contributed by atoms with van der Waals surface area (Å²) in [7, 11) is 3.79. The number of H-pyrrole nitrogens is 1. The first-order chi connectivity index (χ1) is 9.67. The van der Waals surface area contributed by atoms with Gasteiger partial charge < -0.3 is 9.72 Å². The Bertz CT molecular complexity index is 669. The third kappa shape index (κ3) is 2.02. The Labute approximate surface area is 123 Å². The fraction of sp³-hybridized carbons (Fsp3) is 0.714. The summed E-state index contributed by atoms with van der Waals surface area (Å²) >= 11 is 5.56. The first-order valence-electron chi connectivity index (χ1n) is 7.36. The highest BCUT2D eigenvalue weighted by molar-refractivity contribution is 7.71. The topological polar surface area (TPSA) is 47.8 Å². The standard InChI is InChI=1S/C14H22N4OS/c1-4-6-9-12-13(17(2)16-9)18(14(20)15-12)10-7-5-8-11(10)19-3/h10-11H,4-8H2,1-3H3,(H,15,20). The fourth-order valence-corrected chi connectivity index (χ4v) is 3.76. The van der Waals surface area contributed by atoms with E-state index in [1.54, 1.807) is 7.11 Å². The Balaban J connectivity index is 2.16. The van der Waals surface area contributed by atoms with Crippen LogP contribution >= 0.6 is 12.2 Å². The van der Waals surface area contributed by atoms with Crippen molar-refractivity contribution in [3.63, 3.8) is 0 Å². The number of nitrogens with zero attached hydrogens (tertiary/aromatic N) is 3. The lowest BCUT2D eigenvalue weighted by atomic mass is 10.2. The van der Waals surface area contributed by atoms with E-state index in [2.05, 4.69) is 21.6 Å². The van der Waals surface area contributed by atoms with Gasteiger partial charge in [-0.2, -0.15) is 5.10 Å². The van der Waals surface area contributed by atoms with E-state index in [0.717, 1.165) is 47.3 Å². The number of aromatic nitrogens is 4. The smallest absolute Gasteiger partial charge is 0.179 e. The number of aromatic amines is 1. The van der Waals surface area contributed by atoms with Gasteiger partial charge in [0.2, 0.25) is 0 Å². The highest BCUT2D eigenvalue weighted by Crippen LogP contribution is 2.35. The second kappa shape index (κ2) is 5.33. The van der Waals surface area contributed by atoms with Crippen LogP contribution in [0.3, 0.4) is 0 Å². The number of nitrogens with one attached hydrogen (secondary N) is 1. The van der Waals surface area contributed by atoms with Crippen molar-refractivity contribution in [2.45, 2.75) is 51.2 Å². The van der Waals surface area contributed by atoms with Crippen molar-refractivity contribution in [1.82, 2.24) is 19.3 Å². The summed E-state index contributed by atoms with van der Waals surface area (Å²) in [6, 6.07) is 0.325. The molecule has 2 unspecified atom stereocenters. The molecule has 1 fully saturated rings. The van der Waals surface area contributed by atoms with Gasteiger partial charge in [-0.15, -0.1) is 0 Å². The molecule has 2 heterocycles. The fourth-order valence-electron chi connectivity index (χ4n) is 3.43. The maximum Gasteiger partial charge on any atom is 0.179 e. The van der Waals surface area contributed by atoms with Gasteiger partial charge in [0.25, 0.3) is 0 Å². The average molecular weight is 294 g/mol. The molecule has 1 saturated carbocycles. The maximum atomic E-state index is 5.63. The molecule has 2 atom stereocenters. The number of methoxy groups -OCH3 is 1. The predicted molar refractivity (Wildman–Crippen MR) is 81.6 cm³/mol. The van der Waals surface area contributed by atoms with Gasteiger partial charge in [-0.05, 0) is 37.9 Å². The SMILES string of the molecule is CCCc1nn(C)c2c1[nH]c(=S)n2C1CCCC1OC. The van der Waals surface area contributed by atoms with Crippen LogP contribution in [0.2, 0.25) is 0 Å². The molecule has 0 radical (unpaired) electrons. The van der Waals surface area contributed by atoms with Crippen molar-refractivity contribution in [3.05, 3.63) is 10.5 Å². The Hall–Kier alpha value is -1.14. The van der Waals surface area contributed by atoms with E-state index in [-0.39, 0.29) is 6.10 Å². The quantitative estimate of drug-likeness (QED) is 0.881. The minimum absolute atomic E-state index is 0.255. The van der Waals surface area contributed by atoms with Gasteiger partial charge in [-0.3, -0.25) is 9.25 Å². The minimum atomic E-state index is 0.255.